The van der Waals surface area contributed by atoms with E-state index in [1.165, 1.54) is 22.8 Å². The van der Waals surface area contributed by atoms with E-state index in [1.807, 2.05) is 24.0 Å². The zero-order chi connectivity index (χ0) is 29.5. The van der Waals surface area contributed by atoms with Crippen molar-refractivity contribution in [2.24, 2.45) is 0 Å². The topological polar surface area (TPSA) is 57.2 Å². The van der Waals surface area contributed by atoms with Gasteiger partial charge < -0.3 is 18.9 Å². The van der Waals surface area contributed by atoms with Crippen molar-refractivity contribution in [3.05, 3.63) is 82.2 Å². The number of hydrogen-bond acceptors (Lipinski definition) is 6. The first-order valence-corrected chi connectivity index (χ1v) is 14.5. The third kappa shape index (κ3) is 7.02. The minimum atomic E-state index is -0.316. The molecule has 2 aliphatic rings. The summed E-state index contributed by atoms with van der Waals surface area (Å²) in [4.78, 5) is 13.9. The summed E-state index contributed by atoms with van der Waals surface area (Å²) >= 11 is 0. The van der Waals surface area contributed by atoms with Gasteiger partial charge in [-0.05, 0) is 86.4 Å². The Bertz CT molecular complexity index is 1330. The summed E-state index contributed by atoms with van der Waals surface area (Å²) in [6, 6.07) is 15.3. The first-order valence-electron chi connectivity index (χ1n) is 14.5. The molecular weight excluding hydrogens is 521 g/mol. The molecule has 0 radical (unpaired) electrons. The minimum Gasteiger partial charge on any atom is -0.494 e. The Morgan fingerprint density at radius 3 is 2.39 bits per heavy atom. The SMILES string of the molecule is CCOc1ccc([C@H]2C[C@@H](c3cc(OC)c4c(c3)OCO4)CN2CC(C)=O)c(F)c1.CCc1cccc(CC)c1C. The molecule has 1 fully saturated rings. The van der Waals surface area contributed by atoms with Crippen LogP contribution >= 0.6 is 0 Å². The Labute approximate surface area is 243 Å². The standard InChI is InChI=1S/C23H26FNO5.C11H16/c1-4-28-17-5-6-18(19(24)10-17)20-7-16(12-25(20)11-14(2)26)15-8-21(27-3)23-22(9-15)29-13-30-23;1-4-10-7-6-8-11(5-2)9(10)3/h5-6,8-10,16,20H,4,7,11-13H2,1-3H3;6-8H,4-5H2,1-3H3/t16-,20-;/m1./s1. The number of fused-ring (bicyclic) bond motifs is 1. The summed E-state index contributed by atoms with van der Waals surface area (Å²) in [7, 11) is 1.59. The highest BCUT2D eigenvalue weighted by molar-refractivity contribution is 5.77. The van der Waals surface area contributed by atoms with Gasteiger partial charge in [-0.3, -0.25) is 9.69 Å². The Morgan fingerprint density at radius 1 is 1.05 bits per heavy atom. The molecule has 0 amide bonds. The number of benzene rings is 3. The number of ketones is 1. The first kappa shape index (κ1) is 30.4. The number of methoxy groups -OCH3 is 1. The number of Topliss-reactive ketones (excluding diaryl/α,β-unsaturated/α-hetero) is 1. The molecule has 0 unspecified atom stereocenters. The van der Waals surface area contributed by atoms with Gasteiger partial charge in [-0.25, -0.2) is 4.39 Å². The summed E-state index contributed by atoms with van der Waals surface area (Å²) in [5, 5.41) is 0. The van der Waals surface area contributed by atoms with Crippen LogP contribution in [0.3, 0.4) is 0 Å². The highest BCUT2D eigenvalue weighted by Gasteiger charge is 2.37. The maximum Gasteiger partial charge on any atom is 0.231 e. The predicted octanol–water partition coefficient (Wildman–Crippen LogP) is 7.20. The van der Waals surface area contributed by atoms with Gasteiger partial charge in [-0.2, -0.15) is 0 Å². The second-order valence-corrected chi connectivity index (χ2v) is 10.6. The number of hydrogen-bond donors (Lipinski definition) is 0. The highest BCUT2D eigenvalue weighted by atomic mass is 19.1. The second kappa shape index (κ2) is 13.9. The number of halogens is 1. The number of carbonyl (C=O) groups is 1. The van der Waals surface area contributed by atoms with Crippen LogP contribution in [0.5, 0.6) is 23.0 Å². The molecule has 0 spiro atoms. The molecule has 0 N–H and O–H groups in total. The average Bonchev–Trinajstić information content (AvgIpc) is 3.60. The maximum atomic E-state index is 14.9. The van der Waals surface area contributed by atoms with Crippen molar-refractivity contribution in [2.45, 2.75) is 65.8 Å². The fourth-order valence-electron chi connectivity index (χ4n) is 5.85. The number of ether oxygens (including phenoxy) is 4. The van der Waals surface area contributed by atoms with Crippen LogP contribution in [0, 0.1) is 12.7 Å². The molecule has 3 aromatic rings. The lowest BCUT2D eigenvalue weighted by Gasteiger charge is -2.24. The highest BCUT2D eigenvalue weighted by Crippen LogP contribution is 2.47. The average molecular weight is 564 g/mol. The van der Waals surface area contributed by atoms with E-state index in [1.54, 1.807) is 26.2 Å². The fraction of sp³-hybridized carbons (Fsp3) is 0.441. The van der Waals surface area contributed by atoms with Gasteiger partial charge in [0.25, 0.3) is 0 Å². The molecule has 5 rings (SSSR count). The van der Waals surface area contributed by atoms with Crippen molar-refractivity contribution in [1.29, 1.82) is 0 Å². The molecule has 0 bridgehead atoms. The van der Waals surface area contributed by atoms with Crippen LogP contribution in [0.15, 0.2) is 48.5 Å². The minimum absolute atomic E-state index is 0.0512. The van der Waals surface area contributed by atoms with Crippen molar-refractivity contribution < 1.29 is 28.1 Å². The first-order chi connectivity index (χ1) is 19.8. The van der Waals surface area contributed by atoms with Gasteiger partial charge in [0.2, 0.25) is 12.5 Å². The smallest absolute Gasteiger partial charge is 0.231 e. The number of carbonyl (C=O) groups excluding carboxylic acids is 1. The number of aryl methyl sites for hydroxylation is 2. The predicted molar refractivity (Wildman–Crippen MR) is 159 cm³/mol. The van der Waals surface area contributed by atoms with Crippen molar-refractivity contribution in [1.82, 2.24) is 4.90 Å². The Morgan fingerprint density at radius 2 is 1.78 bits per heavy atom. The fourth-order valence-corrected chi connectivity index (χ4v) is 5.85. The number of likely N-dealkylation sites (tertiary alicyclic amines) is 1. The van der Waals surface area contributed by atoms with Crippen molar-refractivity contribution in [3.8, 4) is 23.0 Å². The van der Waals surface area contributed by atoms with Crippen molar-refractivity contribution in [2.75, 3.05) is 33.6 Å². The van der Waals surface area contributed by atoms with Gasteiger partial charge in [0.05, 0.1) is 20.3 Å². The molecule has 41 heavy (non-hydrogen) atoms. The molecule has 2 atom stereocenters. The van der Waals surface area contributed by atoms with Gasteiger partial charge in [-0.1, -0.05) is 38.1 Å². The summed E-state index contributed by atoms with van der Waals surface area (Å²) in [5.41, 5.74) is 6.07. The third-order valence-corrected chi connectivity index (χ3v) is 7.94. The van der Waals surface area contributed by atoms with E-state index >= 15 is 0 Å². The number of rotatable bonds is 9. The van der Waals surface area contributed by atoms with E-state index in [0.29, 0.717) is 48.1 Å². The van der Waals surface area contributed by atoms with Crippen molar-refractivity contribution in [3.63, 3.8) is 0 Å². The molecule has 0 saturated carbocycles. The molecule has 0 aliphatic carbocycles. The maximum absolute atomic E-state index is 14.9. The zero-order valence-corrected chi connectivity index (χ0v) is 25.1. The van der Waals surface area contributed by atoms with E-state index < -0.39 is 0 Å². The summed E-state index contributed by atoms with van der Waals surface area (Å²) < 4.78 is 36.8. The molecule has 3 aromatic carbocycles. The molecular formula is C34H42FNO5. The third-order valence-electron chi connectivity index (χ3n) is 7.94. The summed E-state index contributed by atoms with van der Waals surface area (Å²) in [6.45, 7) is 11.6. The van der Waals surface area contributed by atoms with Gasteiger partial charge in [0.15, 0.2) is 11.5 Å². The van der Waals surface area contributed by atoms with Crippen LogP contribution < -0.4 is 18.9 Å². The zero-order valence-electron chi connectivity index (χ0n) is 25.1. The quantitative estimate of drug-likeness (QED) is 0.274. The molecule has 6 nitrogen and oxygen atoms in total. The van der Waals surface area contributed by atoms with E-state index in [9.17, 15) is 9.18 Å². The van der Waals surface area contributed by atoms with Gasteiger partial charge in [0.1, 0.15) is 17.3 Å². The number of nitrogens with zero attached hydrogens (tertiary/aromatic N) is 1. The normalized spacial score (nSPS) is 17.6. The van der Waals surface area contributed by atoms with E-state index in [-0.39, 0.29) is 36.9 Å². The monoisotopic (exact) mass is 563 g/mol. The molecule has 1 saturated heterocycles. The Kier molecular flexibility index (Phi) is 10.3. The van der Waals surface area contributed by atoms with Crippen LogP contribution in [-0.4, -0.2) is 44.3 Å². The van der Waals surface area contributed by atoms with E-state index in [4.69, 9.17) is 18.9 Å². The summed E-state index contributed by atoms with van der Waals surface area (Å²) in [5.74, 6) is 2.22. The van der Waals surface area contributed by atoms with E-state index in [2.05, 4.69) is 39.0 Å². The lowest BCUT2D eigenvalue weighted by molar-refractivity contribution is -0.118. The molecule has 220 valence electrons. The van der Waals surface area contributed by atoms with Crippen LogP contribution in [0.2, 0.25) is 0 Å². The van der Waals surface area contributed by atoms with Crippen molar-refractivity contribution >= 4 is 5.78 Å². The molecule has 7 heteroatoms. The molecule has 2 heterocycles. The Balaban J connectivity index is 0.000000296. The lowest BCUT2D eigenvalue weighted by Crippen LogP contribution is -2.29. The lowest BCUT2D eigenvalue weighted by atomic mass is 9.93. The van der Waals surface area contributed by atoms with Gasteiger partial charge in [-0.15, -0.1) is 0 Å². The van der Waals surface area contributed by atoms with Crippen LogP contribution in [-0.2, 0) is 17.6 Å². The molecule has 2 aliphatic heterocycles. The largest absolute Gasteiger partial charge is 0.494 e. The van der Waals surface area contributed by atoms with Gasteiger partial charge in [0, 0.05) is 24.2 Å². The van der Waals surface area contributed by atoms with Crippen LogP contribution in [0.4, 0.5) is 4.39 Å². The molecule has 0 aromatic heterocycles. The van der Waals surface area contributed by atoms with Gasteiger partial charge >= 0.3 is 0 Å². The van der Waals surface area contributed by atoms with E-state index in [0.717, 1.165) is 18.4 Å². The van der Waals surface area contributed by atoms with Crippen LogP contribution in [0.25, 0.3) is 0 Å². The second-order valence-electron chi connectivity index (χ2n) is 10.6. The van der Waals surface area contributed by atoms with Crippen LogP contribution in [0.1, 0.15) is 73.9 Å². The summed E-state index contributed by atoms with van der Waals surface area (Å²) in [6.07, 6.45) is 2.99. The Hall–Kier alpha value is -3.58.